The van der Waals surface area contributed by atoms with Gasteiger partial charge in [-0.3, -0.25) is 0 Å². The Balaban J connectivity index is 2.55. The van der Waals surface area contributed by atoms with Crippen LogP contribution in [0.1, 0.15) is 27.2 Å². The van der Waals surface area contributed by atoms with Gasteiger partial charge >= 0.3 is 5.97 Å². The molecule has 1 aromatic heterocycles. The molecule has 0 atom stereocenters. The number of aromatic carboxylic acids is 1. The maximum absolute atomic E-state index is 11.0. The minimum atomic E-state index is -0.777. The molecule has 14 heavy (non-hydrogen) atoms. The fourth-order valence-corrected chi connectivity index (χ4v) is 3.14. The second-order valence-electron chi connectivity index (χ2n) is 3.75. The predicted molar refractivity (Wildman–Crippen MR) is 57.6 cm³/mol. The van der Waals surface area contributed by atoms with Crippen LogP contribution in [0.2, 0.25) is 0 Å². The van der Waals surface area contributed by atoms with Crippen LogP contribution in [-0.4, -0.2) is 25.2 Å². The van der Waals surface area contributed by atoms with Crippen molar-refractivity contribution in [3.63, 3.8) is 0 Å². The van der Waals surface area contributed by atoms with Gasteiger partial charge in [0.05, 0.1) is 5.00 Å². The molecule has 0 fully saturated rings. The Morgan fingerprint density at radius 2 is 2.00 bits per heavy atom. The molecule has 1 aliphatic rings. The number of rotatable bonds is 2. The second kappa shape index (κ2) is 3.28. The van der Waals surface area contributed by atoms with Gasteiger partial charge in [-0.25, -0.2) is 4.79 Å². The van der Waals surface area contributed by atoms with Crippen LogP contribution < -0.4 is 4.90 Å². The lowest BCUT2D eigenvalue weighted by atomic mass is 10.2. The zero-order valence-corrected chi connectivity index (χ0v) is 9.15. The summed E-state index contributed by atoms with van der Waals surface area (Å²) in [5.41, 5.74) is 2.34. The number of carboxylic acid groups (broad SMARTS) is 1. The van der Waals surface area contributed by atoms with E-state index in [0.717, 1.165) is 29.8 Å². The molecule has 0 aliphatic heterocycles. The standard InChI is InChI=1S/C10H13NO2S/c1-11(2)9-7-5-3-4-6(7)8(14-9)10(12)13/h3-5H2,1-2H3,(H,12,13). The third kappa shape index (κ3) is 1.30. The lowest BCUT2D eigenvalue weighted by molar-refractivity contribution is 0.0701. The third-order valence-electron chi connectivity index (χ3n) is 2.55. The minimum Gasteiger partial charge on any atom is -0.477 e. The van der Waals surface area contributed by atoms with Crippen LogP contribution in [0, 0.1) is 0 Å². The van der Waals surface area contributed by atoms with Crippen molar-refractivity contribution in [2.45, 2.75) is 19.3 Å². The Kier molecular flexibility index (Phi) is 2.23. The molecule has 1 aromatic rings. The molecular weight excluding hydrogens is 198 g/mol. The van der Waals surface area contributed by atoms with Gasteiger partial charge in [0.1, 0.15) is 4.88 Å². The van der Waals surface area contributed by atoms with Gasteiger partial charge < -0.3 is 10.0 Å². The minimum absolute atomic E-state index is 0.543. The van der Waals surface area contributed by atoms with E-state index in [1.807, 2.05) is 19.0 Å². The molecule has 76 valence electrons. The van der Waals surface area contributed by atoms with Gasteiger partial charge in [0.2, 0.25) is 0 Å². The number of carbonyl (C=O) groups is 1. The number of anilines is 1. The quantitative estimate of drug-likeness (QED) is 0.813. The highest BCUT2D eigenvalue weighted by molar-refractivity contribution is 7.18. The van der Waals surface area contributed by atoms with Crippen molar-refractivity contribution in [3.05, 3.63) is 16.0 Å². The molecule has 0 saturated carbocycles. The molecule has 0 bridgehead atoms. The van der Waals surface area contributed by atoms with Crippen LogP contribution in [0.5, 0.6) is 0 Å². The van der Waals surface area contributed by atoms with Crippen molar-refractivity contribution >= 4 is 22.3 Å². The molecule has 1 heterocycles. The van der Waals surface area contributed by atoms with E-state index in [1.165, 1.54) is 16.9 Å². The Hall–Kier alpha value is -1.03. The molecule has 0 amide bonds. The predicted octanol–water partition coefficient (Wildman–Crippen LogP) is 2.00. The average molecular weight is 211 g/mol. The van der Waals surface area contributed by atoms with Crippen molar-refractivity contribution in [3.8, 4) is 0 Å². The van der Waals surface area contributed by atoms with Gasteiger partial charge in [0, 0.05) is 14.1 Å². The van der Waals surface area contributed by atoms with E-state index in [4.69, 9.17) is 5.11 Å². The summed E-state index contributed by atoms with van der Waals surface area (Å²) in [5.74, 6) is -0.777. The first-order chi connectivity index (χ1) is 6.61. The Labute approximate surface area is 87.0 Å². The number of fused-ring (bicyclic) bond motifs is 1. The monoisotopic (exact) mass is 211 g/mol. The van der Waals surface area contributed by atoms with E-state index in [-0.39, 0.29) is 0 Å². The molecule has 0 aromatic carbocycles. The van der Waals surface area contributed by atoms with Crippen molar-refractivity contribution in [1.82, 2.24) is 0 Å². The second-order valence-corrected chi connectivity index (χ2v) is 4.75. The highest BCUT2D eigenvalue weighted by Crippen LogP contribution is 2.40. The molecule has 0 radical (unpaired) electrons. The molecule has 0 spiro atoms. The summed E-state index contributed by atoms with van der Waals surface area (Å²) in [6.45, 7) is 0. The van der Waals surface area contributed by atoms with Crippen molar-refractivity contribution < 1.29 is 9.90 Å². The summed E-state index contributed by atoms with van der Waals surface area (Å²) < 4.78 is 0. The van der Waals surface area contributed by atoms with Crippen LogP contribution in [0.25, 0.3) is 0 Å². The molecule has 4 heteroatoms. The lowest BCUT2D eigenvalue weighted by Crippen LogP contribution is -2.08. The van der Waals surface area contributed by atoms with Crippen molar-refractivity contribution in [2.75, 3.05) is 19.0 Å². The molecule has 1 N–H and O–H groups in total. The molecule has 0 saturated heterocycles. The van der Waals surface area contributed by atoms with Crippen LogP contribution in [0.15, 0.2) is 0 Å². The first-order valence-electron chi connectivity index (χ1n) is 4.66. The highest BCUT2D eigenvalue weighted by Gasteiger charge is 2.26. The van der Waals surface area contributed by atoms with E-state index >= 15 is 0 Å². The lowest BCUT2D eigenvalue weighted by Gasteiger charge is -2.10. The topological polar surface area (TPSA) is 40.5 Å². The van der Waals surface area contributed by atoms with Crippen LogP contribution in [0.4, 0.5) is 5.00 Å². The highest BCUT2D eigenvalue weighted by atomic mass is 32.1. The fraction of sp³-hybridized carbons (Fsp3) is 0.500. The number of hydrogen-bond donors (Lipinski definition) is 1. The summed E-state index contributed by atoms with van der Waals surface area (Å²) in [6.07, 6.45) is 3.06. The van der Waals surface area contributed by atoms with Gasteiger partial charge in [-0.1, -0.05) is 0 Å². The molecular formula is C10H13NO2S. The fourth-order valence-electron chi connectivity index (χ4n) is 1.98. The van der Waals surface area contributed by atoms with Crippen LogP contribution >= 0.6 is 11.3 Å². The van der Waals surface area contributed by atoms with Crippen molar-refractivity contribution in [2.24, 2.45) is 0 Å². The van der Waals surface area contributed by atoms with Gasteiger partial charge in [0.15, 0.2) is 0 Å². The van der Waals surface area contributed by atoms with Gasteiger partial charge in [-0.15, -0.1) is 11.3 Å². The largest absolute Gasteiger partial charge is 0.477 e. The van der Waals surface area contributed by atoms with E-state index in [1.54, 1.807) is 0 Å². The zero-order valence-electron chi connectivity index (χ0n) is 8.33. The molecule has 3 nitrogen and oxygen atoms in total. The first-order valence-corrected chi connectivity index (χ1v) is 5.48. The first kappa shape index (κ1) is 9.52. The van der Waals surface area contributed by atoms with E-state index in [9.17, 15) is 4.79 Å². The third-order valence-corrected chi connectivity index (χ3v) is 3.98. The normalized spacial score (nSPS) is 14.1. The summed E-state index contributed by atoms with van der Waals surface area (Å²) in [7, 11) is 3.94. The number of thiophene rings is 1. The summed E-state index contributed by atoms with van der Waals surface area (Å²) in [5, 5.41) is 10.2. The van der Waals surface area contributed by atoms with Gasteiger partial charge in [-0.05, 0) is 30.4 Å². The van der Waals surface area contributed by atoms with Crippen LogP contribution in [-0.2, 0) is 12.8 Å². The average Bonchev–Trinajstić information content (AvgIpc) is 2.59. The molecule has 1 aliphatic carbocycles. The summed E-state index contributed by atoms with van der Waals surface area (Å²) in [6, 6.07) is 0. The van der Waals surface area contributed by atoms with Crippen LogP contribution in [0.3, 0.4) is 0 Å². The SMILES string of the molecule is CN(C)c1sc(C(=O)O)c2c1CCC2. The maximum Gasteiger partial charge on any atom is 0.346 e. The summed E-state index contributed by atoms with van der Waals surface area (Å²) >= 11 is 1.40. The smallest absolute Gasteiger partial charge is 0.346 e. The Bertz CT molecular complexity index is 382. The number of carboxylic acids is 1. The number of nitrogens with zero attached hydrogens (tertiary/aromatic N) is 1. The van der Waals surface area contributed by atoms with E-state index in [2.05, 4.69) is 0 Å². The van der Waals surface area contributed by atoms with Gasteiger partial charge in [0.25, 0.3) is 0 Å². The number of hydrogen-bond acceptors (Lipinski definition) is 3. The van der Waals surface area contributed by atoms with E-state index in [0.29, 0.717) is 4.88 Å². The van der Waals surface area contributed by atoms with Crippen molar-refractivity contribution in [1.29, 1.82) is 0 Å². The summed E-state index contributed by atoms with van der Waals surface area (Å²) in [4.78, 5) is 13.5. The molecule has 2 rings (SSSR count). The van der Waals surface area contributed by atoms with E-state index < -0.39 is 5.97 Å². The maximum atomic E-state index is 11.0. The molecule has 0 unspecified atom stereocenters. The Morgan fingerprint density at radius 1 is 1.36 bits per heavy atom. The Morgan fingerprint density at radius 3 is 2.57 bits per heavy atom. The zero-order chi connectivity index (χ0) is 10.3. The van der Waals surface area contributed by atoms with Gasteiger partial charge in [-0.2, -0.15) is 0 Å².